The number of piperazine rings is 1. The molecule has 0 spiro atoms. The van der Waals surface area contributed by atoms with Crippen LogP contribution in [0.15, 0.2) is 54.6 Å². The molecule has 170 valence electrons. The number of nitrogens with zero attached hydrogens (tertiary/aromatic N) is 2. The van der Waals surface area contributed by atoms with Gasteiger partial charge in [0.05, 0.1) is 18.7 Å². The lowest BCUT2D eigenvalue weighted by Gasteiger charge is -2.58. The minimum Gasteiger partial charge on any atom is -0.394 e. The largest absolute Gasteiger partial charge is 0.394 e. The van der Waals surface area contributed by atoms with Crippen molar-refractivity contribution in [3.8, 4) is 11.8 Å². The number of hydrogen-bond acceptors (Lipinski definition) is 3. The average molecular weight is 444 g/mol. The Hall–Kier alpha value is -3.30. The van der Waals surface area contributed by atoms with Crippen molar-refractivity contribution in [1.29, 1.82) is 0 Å². The van der Waals surface area contributed by atoms with Gasteiger partial charge in [-0.2, -0.15) is 0 Å². The molecule has 3 atom stereocenters. The number of aliphatic hydroxyl groups excluding tert-OH is 1. The van der Waals surface area contributed by atoms with Crippen molar-refractivity contribution < 1.29 is 14.7 Å². The molecule has 6 nitrogen and oxygen atoms in total. The summed E-state index contributed by atoms with van der Waals surface area (Å²) in [5, 5.41) is 12.9. The highest BCUT2D eigenvalue weighted by atomic mass is 16.3. The van der Waals surface area contributed by atoms with Gasteiger partial charge in [-0.1, -0.05) is 55.0 Å². The summed E-state index contributed by atoms with van der Waals surface area (Å²) >= 11 is 0. The van der Waals surface area contributed by atoms with E-state index in [1.54, 1.807) is 9.80 Å². The molecule has 5 rings (SSSR count). The molecule has 33 heavy (non-hydrogen) atoms. The predicted molar refractivity (Wildman–Crippen MR) is 127 cm³/mol. The Morgan fingerprint density at radius 1 is 1.06 bits per heavy atom. The summed E-state index contributed by atoms with van der Waals surface area (Å²) in [5.74, 6) is 7.07. The van der Waals surface area contributed by atoms with E-state index in [2.05, 4.69) is 29.3 Å². The van der Waals surface area contributed by atoms with Gasteiger partial charge in [-0.25, -0.2) is 4.79 Å². The van der Waals surface area contributed by atoms with Crippen LogP contribution in [0.5, 0.6) is 0 Å². The Kier molecular flexibility index (Phi) is 6.06. The summed E-state index contributed by atoms with van der Waals surface area (Å²) in [5.41, 5.74) is 2.76. The summed E-state index contributed by atoms with van der Waals surface area (Å²) in [7, 11) is 0. The van der Waals surface area contributed by atoms with Gasteiger partial charge in [0.25, 0.3) is 0 Å². The normalized spacial score (nSPS) is 24.5. The summed E-state index contributed by atoms with van der Waals surface area (Å²) in [6.07, 6.45) is 4.95. The van der Waals surface area contributed by atoms with Crippen molar-refractivity contribution in [2.45, 2.75) is 43.7 Å². The first-order valence-electron chi connectivity index (χ1n) is 11.8. The van der Waals surface area contributed by atoms with E-state index in [1.165, 1.54) is 25.7 Å². The molecule has 2 aromatic rings. The molecule has 2 heterocycles. The maximum atomic E-state index is 12.8. The number of hydrogen-bond donors (Lipinski definition) is 2. The van der Waals surface area contributed by atoms with Crippen LogP contribution in [0.3, 0.4) is 0 Å². The van der Waals surface area contributed by atoms with E-state index in [4.69, 9.17) is 0 Å². The fraction of sp³-hybridized carbons (Fsp3) is 0.407. The van der Waals surface area contributed by atoms with E-state index in [-0.39, 0.29) is 43.1 Å². The molecule has 1 saturated carbocycles. The Labute approximate surface area is 194 Å². The van der Waals surface area contributed by atoms with Crippen LogP contribution in [-0.4, -0.2) is 58.6 Å². The molecule has 0 radical (unpaired) electrons. The molecule has 2 aromatic carbocycles. The highest BCUT2D eigenvalue weighted by molar-refractivity contribution is 5.93. The number of anilines is 1. The van der Waals surface area contributed by atoms with Crippen LogP contribution in [-0.2, 0) is 4.79 Å². The first-order chi connectivity index (χ1) is 16.1. The average Bonchev–Trinajstić information content (AvgIpc) is 3.34. The maximum Gasteiger partial charge on any atom is 0.322 e. The third-order valence-corrected chi connectivity index (χ3v) is 7.14. The van der Waals surface area contributed by atoms with Crippen molar-refractivity contribution in [2.75, 3.05) is 25.0 Å². The molecule has 6 heteroatoms. The third-order valence-electron chi connectivity index (χ3n) is 7.14. The number of fused-ring (bicyclic) bond motifs is 1. The van der Waals surface area contributed by atoms with Gasteiger partial charge in [0.1, 0.15) is 6.54 Å². The van der Waals surface area contributed by atoms with Crippen LogP contribution in [0, 0.1) is 17.8 Å². The lowest BCUT2D eigenvalue weighted by molar-refractivity contribution is -0.159. The number of nitrogens with one attached hydrogen (secondary N) is 1. The lowest BCUT2D eigenvalue weighted by Crippen LogP contribution is -2.73. The molecule has 3 amide bonds. The summed E-state index contributed by atoms with van der Waals surface area (Å²) < 4.78 is 0. The van der Waals surface area contributed by atoms with Gasteiger partial charge in [0.2, 0.25) is 5.91 Å². The van der Waals surface area contributed by atoms with E-state index in [0.29, 0.717) is 18.2 Å². The Morgan fingerprint density at radius 3 is 2.48 bits per heavy atom. The molecule has 0 aromatic heterocycles. The smallest absolute Gasteiger partial charge is 0.322 e. The molecule has 0 bridgehead atoms. The highest BCUT2D eigenvalue weighted by Crippen LogP contribution is 2.43. The van der Waals surface area contributed by atoms with E-state index in [9.17, 15) is 14.7 Å². The lowest BCUT2D eigenvalue weighted by atomic mass is 9.73. The second kappa shape index (κ2) is 9.29. The predicted octanol–water partition coefficient (Wildman–Crippen LogP) is 3.43. The SMILES string of the molecule is O=C(Nc1ccccc1)N1CC(=O)N2[C@@H](CO)[C@@H](c3ccc(C#CC4CCCC4)cc3)[C@@H]2C1. The molecule has 2 saturated heterocycles. The molecule has 3 aliphatic rings. The van der Waals surface area contributed by atoms with Crippen LogP contribution >= 0.6 is 0 Å². The summed E-state index contributed by atoms with van der Waals surface area (Å²) in [6.45, 7) is 0.370. The second-order valence-electron chi connectivity index (χ2n) is 9.19. The number of carbonyl (C=O) groups is 2. The van der Waals surface area contributed by atoms with Gasteiger partial charge in [-0.05, 0) is 42.7 Å². The van der Waals surface area contributed by atoms with Crippen LogP contribution in [0.25, 0.3) is 0 Å². The van der Waals surface area contributed by atoms with Crippen LogP contribution in [0.1, 0.15) is 42.7 Å². The van der Waals surface area contributed by atoms with Crippen LogP contribution < -0.4 is 5.32 Å². The number of para-hydroxylation sites is 1. The molecule has 2 N–H and O–H groups in total. The zero-order valence-corrected chi connectivity index (χ0v) is 18.6. The van der Waals surface area contributed by atoms with Gasteiger partial charge in [-0.15, -0.1) is 0 Å². The molecule has 2 aliphatic heterocycles. The zero-order valence-electron chi connectivity index (χ0n) is 18.6. The van der Waals surface area contributed by atoms with Gasteiger partial charge >= 0.3 is 6.03 Å². The maximum absolute atomic E-state index is 12.8. The first kappa shape index (κ1) is 21.5. The second-order valence-corrected chi connectivity index (χ2v) is 9.19. The quantitative estimate of drug-likeness (QED) is 0.714. The molecule has 0 unspecified atom stereocenters. The zero-order chi connectivity index (χ0) is 22.8. The monoisotopic (exact) mass is 443 g/mol. The van der Waals surface area contributed by atoms with Crippen molar-refractivity contribution in [1.82, 2.24) is 9.80 Å². The fourth-order valence-electron chi connectivity index (χ4n) is 5.42. The Morgan fingerprint density at radius 2 is 1.79 bits per heavy atom. The third kappa shape index (κ3) is 4.34. The number of rotatable bonds is 3. The number of aliphatic hydroxyl groups is 1. The van der Waals surface area contributed by atoms with E-state index in [0.717, 1.165) is 11.1 Å². The van der Waals surface area contributed by atoms with Gasteiger partial charge in [0.15, 0.2) is 0 Å². The number of benzene rings is 2. The van der Waals surface area contributed by atoms with E-state index in [1.807, 2.05) is 42.5 Å². The van der Waals surface area contributed by atoms with E-state index < -0.39 is 0 Å². The molecular formula is C27H29N3O3. The first-order valence-corrected chi connectivity index (χ1v) is 11.8. The highest BCUT2D eigenvalue weighted by Gasteiger charge is 2.54. The molecular weight excluding hydrogens is 414 g/mol. The number of urea groups is 1. The van der Waals surface area contributed by atoms with Crippen molar-refractivity contribution in [2.24, 2.45) is 5.92 Å². The molecule has 3 fully saturated rings. The topological polar surface area (TPSA) is 72.9 Å². The van der Waals surface area contributed by atoms with Crippen molar-refractivity contribution in [3.05, 3.63) is 65.7 Å². The van der Waals surface area contributed by atoms with Crippen LogP contribution in [0.4, 0.5) is 10.5 Å². The fourth-order valence-corrected chi connectivity index (χ4v) is 5.42. The van der Waals surface area contributed by atoms with Crippen molar-refractivity contribution >= 4 is 17.6 Å². The minimum absolute atomic E-state index is 0.0110. The summed E-state index contributed by atoms with van der Waals surface area (Å²) in [6, 6.07) is 16.7. The minimum atomic E-state index is -0.280. The van der Waals surface area contributed by atoms with Gasteiger partial charge in [0, 0.05) is 29.6 Å². The number of amides is 3. The molecule has 1 aliphatic carbocycles. The standard InChI is InChI=1S/C27H29N3O3/c31-18-24-26(21-14-12-20(13-15-21)11-10-19-6-4-5-7-19)23-16-29(17-25(32)30(23)24)27(33)28-22-8-2-1-3-9-22/h1-3,8-9,12-15,19,23-24,26,31H,4-7,16-18H2,(H,28,33)/t23-,24-,26-/m0/s1. The summed E-state index contributed by atoms with van der Waals surface area (Å²) in [4.78, 5) is 28.9. The Bertz CT molecular complexity index is 1070. The van der Waals surface area contributed by atoms with E-state index >= 15 is 0 Å². The number of carbonyl (C=O) groups excluding carboxylic acids is 2. The van der Waals surface area contributed by atoms with Crippen LogP contribution in [0.2, 0.25) is 0 Å². The Balaban J connectivity index is 1.29. The van der Waals surface area contributed by atoms with Gasteiger partial charge < -0.3 is 20.2 Å². The van der Waals surface area contributed by atoms with Crippen molar-refractivity contribution in [3.63, 3.8) is 0 Å². The van der Waals surface area contributed by atoms with Gasteiger partial charge in [-0.3, -0.25) is 4.79 Å².